The Bertz CT molecular complexity index is 598. The molecule has 1 aromatic carbocycles. The number of carboxylic acids is 1. The van der Waals surface area contributed by atoms with E-state index in [1.54, 1.807) is 12.1 Å². The highest BCUT2D eigenvalue weighted by atomic mass is 35.5. The first-order chi connectivity index (χ1) is 10.1. The predicted octanol–water partition coefficient (Wildman–Crippen LogP) is 2.69. The van der Waals surface area contributed by atoms with Crippen molar-refractivity contribution in [2.24, 2.45) is 0 Å². The minimum atomic E-state index is -0.816. The highest BCUT2D eigenvalue weighted by Crippen LogP contribution is 2.19. The van der Waals surface area contributed by atoms with E-state index in [2.05, 4.69) is 10.1 Å². The number of rotatable bonds is 7. The second kappa shape index (κ2) is 7.19. The molecule has 0 spiro atoms. The summed E-state index contributed by atoms with van der Waals surface area (Å²) in [7, 11) is 0. The molecule has 0 amide bonds. The van der Waals surface area contributed by atoms with Crippen LogP contribution in [0.5, 0.6) is 0 Å². The average molecular weight is 310 g/mol. The maximum absolute atomic E-state index is 10.6. The number of hydrogen-bond donors (Lipinski definition) is 1. The lowest BCUT2D eigenvalue weighted by Gasteiger charge is -2.16. The zero-order chi connectivity index (χ0) is 15.2. The maximum Gasteiger partial charge on any atom is 0.304 e. The van der Waals surface area contributed by atoms with Crippen LogP contribution in [0.25, 0.3) is 11.5 Å². The van der Waals surface area contributed by atoms with Crippen LogP contribution in [-0.2, 0) is 11.3 Å². The molecule has 2 aromatic rings. The van der Waals surface area contributed by atoms with E-state index < -0.39 is 5.97 Å². The molecule has 2 rings (SSSR count). The van der Waals surface area contributed by atoms with Crippen LogP contribution in [0.2, 0.25) is 5.02 Å². The topological polar surface area (TPSA) is 79.5 Å². The molecular formula is C14H16ClN3O3. The van der Waals surface area contributed by atoms with Crippen LogP contribution in [0.15, 0.2) is 28.8 Å². The molecule has 7 heteroatoms. The zero-order valence-corrected chi connectivity index (χ0v) is 12.4. The van der Waals surface area contributed by atoms with Gasteiger partial charge in [0.15, 0.2) is 5.82 Å². The van der Waals surface area contributed by atoms with E-state index in [-0.39, 0.29) is 6.42 Å². The molecule has 1 N–H and O–H groups in total. The van der Waals surface area contributed by atoms with E-state index in [0.29, 0.717) is 29.8 Å². The normalized spacial score (nSPS) is 11.0. The molecule has 6 nitrogen and oxygen atoms in total. The summed E-state index contributed by atoms with van der Waals surface area (Å²) in [6, 6.07) is 7.13. The molecule has 0 unspecified atom stereocenters. The first-order valence-electron chi connectivity index (χ1n) is 6.61. The van der Waals surface area contributed by atoms with Gasteiger partial charge in [0, 0.05) is 17.1 Å². The summed E-state index contributed by atoms with van der Waals surface area (Å²) in [6.07, 6.45) is 0.0930. The fraction of sp³-hybridized carbons (Fsp3) is 0.357. The number of halogens is 1. The smallest absolute Gasteiger partial charge is 0.304 e. The van der Waals surface area contributed by atoms with Crippen molar-refractivity contribution < 1.29 is 14.4 Å². The minimum absolute atomic E-state index is 0.0930. The molecule has 1 aromatic heterocycles. The zero-order valence-electron chi connectivity index (χ0n) is 11.6. The van der Waals surface area contributed by atoms with Gasteiger partial charge in [0.1, 0.15) is 0 Å². The molecule has 0 atom stereocenters. The van der Waals surface area contributed by atoms with Crippen molar-refractivity contribution in [3.63, 3.8) is 0 Å². The van der Waals surface area contributed by atoms with Crippen LogP contribution in [0.4, 0.5) is 0 Å². The van der Waals surface area contributed by atoms with E-state index in [1.165, 1.54) is 0 Å². The first kappa shape index (κ1) is 15.5. The summed E-state index contributed by atoms with van der Waals surface area (Å²) in [4.78, 5) is 16.9. The first-order valence-corrected chi connectivity index (χ1v) is 6.99. The second-order valence-corrected chi connectivity index (χ2v) is 4.97. The monoisotopic (exact) mass is 309 g/mol. The van der Waals surface area contributed by atoms with Crippen molar-refractivity contribution in [2.45, 2.75) is 19.9 Å². The molecule has 0 bridgehead atoms. The molecule has 0 aliphatic heterocycles. The minimum Gasteiger partial charge on any atom is -0.481 e. The van der Waals surface area contributed by atoms with E-state index in [9.17, 15) is 4.79 Å². The van der Waals surface area contributed by atoms with Crippen molar-refractivity contribution in [1.29, 1.82) is 0 Å². The van der Waals surface area contributed by atoms with Crippen molar-refractivity contribution in [3.8, 4) is 11.5 Å². The third-order valence-electron chi connectivity index (χ3n) is 3.01. The SMILES string of the molecule is CCN(CCC(=O)O)Cc1noc(-c2ccc(Cl)cc2)n1. The number of nitrogens with zero attached hydrogens (tertiary/aromatic N) is 3. The molecule has 0 aliphatic rings. The molecule has 21 heavy (non-hydrogen) atoms. The Morgan fingerprint density at radius 1 is 1.38 bits per heavy atom. The van der Waals surface area contributed by atoms with Gasteiger partial charge < -0.3 is 9.63 Å². The largest absolute Gasteiger partial charge is 0.481 e. The third-order valence-corrected chi connectivity index (χ3v) is 3.27. The van der Waals surface area contributed by atoms with E-state index in [4.69, 9.17) is 21.2 Å². The van der Waals surface area contributed by atoms with Gasteiger partial charge in [0.05, 0.1) is 13.0 Å². The molecule has 112 valence electrons. The van der Waals surface area contributed by atoms with Gasteiger partial charge in [-0.15, -0.1) is 0 Å². The quantitative estimate of drug-likeness (QED) is 0.847. The third kappa shape index (κ3) is 4.54. The molecule has 0 aliphatic carbocycles. The Labute approximate surface area is 127 Å². The van der Waals surface area contributed by atoms with Gasteiger partial charge in [-0.1, -0.05) is 23.7 Å². The number of aromatic nitrogens is 2. The summed E-state index contributed by atoms with van der Waals surface area (Å²) in [5.41, 5.74) is 0.798. The van der Waals surface area contributed by atoms with Crippen LogP contribution in [0.1, 0.15) is 19.2 Å². The summed E-state index contributed by atoms with van der Waals surface area (Å²) in [5, 5.41) is 13.3. The summed E-state index contributed by atoms with van der Waals surface area (Å²) >= 11 is 5.83. The lowest BCUT2D eigenvalue weighted by Crippen LogP contribution is -2.26. The fourth-order valence-corrected chi connectivity index (χ4v) is 1.96. The van der Waals surface area contributed by atoms with Gasteiger partial charge >= 0.3 is 5.97 Å². The average Bonchev–Trinajstić information content (AvgIpc) is 2.92. The van der Waals surface area contributed by atoms with Crippen molar-refractivity contribution >= 4 is 17.6 Å². The van der Waals surface area contributed by atoms with Crippen LogP contribution in [0.3, 0.4) is 0 Å². The second-order valence-electron chi connectivity index (χ2n) is 4.54. The van der Waals surface area contributed by atoms with Gasteiger partial charge in [-0.05, 0) is 30.8 Å². The highest BCUT2D eigenvalue weighted by molar-refractivity contribution is 6.30. The lowest BCUT2D eigenvalue weighted by molar-refractivity contribution is -0.137. The molecule has 0 saturated carbocycles. The Hall–Kier alpha value is -1.92. The van der Waals surface area contributed by atoms with Gasteiger partial charge in [-0.2, -0.15) is 4.98 Å². The summed E-state index contributed by atoms with van der Waals surface area (Å²) < 4.78 is 5.21. The molecular weight excluding hydrogens is 294 g/mol. The van der Waals surface area contributed by atoms with Gasteiger partial charge in [0.2, 0.25) is 0 Å². The molecule has 0 saturated heterocycles. The number of aliphatic carboxylic acids is 1. The molecule has 0 fully saturated rings. The fourth-order valence-electron chi connectivity index (χ4n) is 1.83. The van der Waals surface area contributed by atoms with Crippen LogP contribution >= 0.6 is 11.6 Å². The van der Waals surface area contributed by atoms with Gasteiger partial charge in [-0.3, -0.25) is 9.69 Å². The Balaban J connectivity index is 2.01. The van der Waals surface area contributed by atoms with E-state index in [1.807, 2.05) is 24.0 Å². The Morgan fingerprint density at radius 2 is 2.10 bits per heavy atom. The number of carbonyl (C=O) groups is 1. The number of benzene rings is 1. The van der Waals surface area contributed by atoms with Gasteiger partial charge in [0.25, 0.3) is 5.89 Å². The van der Waals surface area contributed by atoms with Crippen molar-refractivity contribution in [1.82, 2.24) is 15.0 Å². The van der Waals surface area contributed by atoms with Crippen LogP contribution in [-0.4, -0.2) is 39.2 Å². The Morgan fingerprint density at radius 3 is 2.71 bits per heavy atom. The Kier molecular flexibility index (Phi) is 5.30. The van der Waals surface area contributed by atoms with Gasteiger partial charge in [-0.25, -0.2) is 0 Å². The van der Waals surface area contributed by atoms with Crippen LogP contribution in [0, 0.1) is 0 Å². The summed E-state index contributed by atoms with van der Waals surface area (Å²) in [6.45, 7) is 3.59. The van der Waals surface area contributed by atoms with E-state index >= 15 is 0 Å². The van der Waals surface area contributed by atoms with E-state index in [0.717, 1.165) is 12.1 Å². The maximum atomic E-state index is 10.6. The standard InChI is InChI=1S/C14H16ClN3O3/c1-2-18(8-7-13(19)20)9-12-16-14(21-17-12)10-3-5-11(15)6-4-10/h3-6H,2,7-9H2,1H3,(H,19,20). The van der Waals surface area contributed by atoms with Crippen molar-refractivity contribution in [2.75, 3.05) is 13.1 Å². The summed E-state index contributed by atoms with van der Waals surface area (Å²) in [5.74, 6) is 0.145. The number of hydrogen-bond acceptors (Lipinski definition) is 5. The molecule has 0 radical (unpaired) electrons. The number of carboxylic acid groups (broad SMARTS) is 1. The predicted molar refractivity (Wildman–Crippen MR) is 77.9 cm³/mol. The van der Waals surface area contributed by atoms with Crippen molar-refractivity contribution in [3.05, 3.63) is 35.1 Å². The molecule has 1 heterocycles. The van der Waals surface area contributed by atoms with Crippen LogP contribution < -0.4 is 0 Å². The highest BCUT2D eigenvalue weighted by Gasteiger charge is 2.12. The lowest BCUT2D eigenvalue weighted by atomic mass is 10.2.